The Hall–Kier alpha value is 1.000. The molecule has 2 fully saturated rings. The van der Waals surface area contributed by atoms with E-state index in [1.807, 2.05) is 0 Å². The number of ether oxygens (including phenoxy) is 3. The van der Waals surface area contributed by atoms with Crippen LogP contribution < -0.4 is 166 Å². The van der Waals surface area contributed by atoms with E-state index in [0.717, 1.165) is 10.9 Å². The van der Waals surface area contributed by atoms with E-state index in [9.17, 15) is 48.0 Å². The summed E-state index contributed by atoms with van der Waals surface area (Å²) in [5.74, 6) is -0.371. The van der Waals surface area contributed by atoms with Crippen LogP contribution in [0, 0.1) is 0 Å². The molecule has 56 heavy (non-hydrogen) atoms. The third-order valence-corrected chi connectivity index (χ3v) is 10.1. The minimum absolute atomic E-state index is 0. The standard InChI is InChI=1S/C23H36N9O17P3.4Na/c1-43-17-16(13(9-46-52(40,41)42)48-21(17)32-10-26-15-18(32)29-22(25)30-19(15)34)49-50(36,27-4-2-6-44-51(37,38)39)45-8-11-7-12(33)20(47-11)31-5-3-14(24)28-23(31)35;;;;/h3,5,10-13,16-17,20-21,33H,2,4,6-9H2,1H3,(H,27,36)(H2,24,28,35)(H2,37,38,39)(H2,40,41,42)(H3,25,29,30,34);;;;/q;4*+1/p-4/t11-,12+,13+,16+,17+,20+,21+,50-;;;;/m0..../s1. The van der Waals surface area contributed by atoms with Gasteiger partial charge in [-0.3, -0.25) is 28.0 Å². The number of phosphoric acid groups is 2. The second-order valence-electron chi connectivity index (χ2n) is 11.2. The molecular weight excluding hydrogens is 859 g/mol. The number of hydrogen-bond acceptors (Lipinski definition) is 22. The Balaban J connectivity index is 0.00000392. The molecule has 26 nitrogen and oxygen atoms in total. The summed E-state index contributed by atoms with van der Waals surface area (Å²) < 4.78 is 76.2. The topological polar surface area (TPSA) is 391 Å². The molecule has 33 heteroatoms. The van der Waals surface area contributed by atoms with E-state index in [1.54, 1.807) is 0 Å². The molecule has 3 aromatic heterocycles. The minimum atomic E-state index is -5.62. The fourth-order valence-corrected chi connectivity index (χ4v) is 7.64. The summed E-state index contributed by atoms with van der Waals surface area (Å²) in [5, 5.41) is 13.1. The van der Waals surface area contributed by atoms with Crippen LogP contribution in [-0.2, 0) is 46.0 Å². The first-order valence-corrected chi connectivity index (χ1v) is 19.4. The molecule has 7 N–H and O–H groups in total. The number of aromatic amines is 1. The molecule has 2 aliphatic rings. The van der Waals surface area contributed by atoms with Crippen molar-refractivity contribution in [2.75, 3.05) is 44.9 Å². The maximum Gasteiger partial charge on any atom is 1.00 e. The van der Waals surface area contributed by atoms with Crippen molar-refractivity contribution in [3.05, 3.63) is 39.4 Å². The number of rotatable bonds is 17. The molecule has 8 atom stereocenters. The average Bonchev–Trinajstić information content (AvgIpc) is 3.72. The second kappa shape index (κ2) is 23.4. The summed E-state index contributed by atoms with van der Waals surface area (Å²) in [7, 11) is -14.5. The van der Waals surface area contributed by atoms with Gasteiger partial charge in [-0.25, -0.2) is 19.4 Å². The van der Waals surface area contributed by atoms with Crippen LogP contribution in [0.15, 0.2) is 28.2 Å². The molecule has 3 aromatic rings. The van der Waals surface area contributed by atoms with E-state index in [4.69, 9.17) is 34.7 Å². The first-order valence-electron chi connectivity index (χ1n) is 15.0. The first kappa shape index (κ1) is 55.0. The zero-order chi connectivity index (χ0) is 38.0. The van der Waals surface area contributed by atoms with Crippen LogP contribution >= 0.6 is 23.4 Å². The van der Waals surface area contributed by atoms with Gasteiger partial charge in [-0.15, -0.1) is 0 Å². The fraction of sp³-hybridized carbons (Fsp3) is 0.609. The zero-order valence-electron chi connectivity index (χ0n) is 30.7. The molecular formula is C23H32N9Na4O17P3. The van der Waals surface area contributed by atoms with Crippen LogP contribution in [0.2, 0.25) is 0 Å². The van der Waals surface area contributed by atoms with Crippen LogP contribution in [0.1, 0.15) is 25.3 Å². The number of nitrogens with zero attached hydrogens (tertiary/aromatic N) is 5. The smallest absolute Gasteiger partial charge is 0.790 e. The first-order chi connectivity index (χ1) is 24.4. The molecule has 0 unspecified atom stereocenters. The predicted molar refractivity (Wildman–Crippen MR) is 163 cm³/mol. The molecule has 2 aliphatic heterocycles. The van der Waals surface area contributed by atoms with E-state index >= 15 is 0 Å². The molecule has 0 spiro atoms. The molecule has 5 heterocycles. The molecule has 0 bridgehead atoms. The van der Waals surface area contributed by atoms with Gasteiger partial charge in [0.1, 0.15) is 30.2 Å². The Kier molecular flexibility index (Phi) is 23.0. The molecule has 0 aliphatic carbocycles. The van der Waals surface area contributed by atoms with Crippen molar-refractivity contribution in [3.63, 3.8) is 0 Å². The van der Waals surface area contributed by atoms with Crippen molar-refractivity contribution in [1.82, 2.24) is 34.2 Å². The van der Waals surface area contributed by atoms with Gasteiger partial charge in [-0.1, -0.05) is 0 Å². The number of phosphoric ester groups is 2. The molecule has 2 saturated heterocycles. The van der Waals surface area contributed by atoms with Crippen LogP contribution in [0.25, 0.3) is 11.2 Å². The Bertz CT molecular complexity index is 2000. The number of nitrogens with one attached hydrogen (secondary N) is 2. The average molecular weight is 891 g/mol. The second-order valence-corrected chi connectivity index (χ2v) is 15.3. The Morgan fingerprint density at radius 2 is 1.64 bits per heavy atom. The van der Waals surface area contributed by atoms with Gasteiger partial charge < -0.3 is 68.5 Å². The number of nitrogen functional groups attached to an aromatic ring is 2. The fourth-order valence-electron chi connectivity index (χ4n) is 5.36. The number of hydrogen-bond donors (Lipinski definition) is 5. The van der Waals surface area contributed by atoms with Crippen molar-refractivity contribution in [2.24, 2.45) is 0 Å². The summed E-state index contributed by atoms with van der Waals surface area (Å²) in [4.78, 5) is 83.2. The Morgan fingerprint density at radius 1 is 0.964 bits per heavy atom. The quantitative estimate of drug-likeness (QED) is 0.0477. The van der Waals surface area contributed by atoms with Crippen LogP contribution in [0.3, 0.4) is 0 Å². The van der Waals surface area contributed by atoms with Crippen molar-refractivity contribution in [3.8, 4) is 0 Å². The summed E-state index contributed by atoms with van der Waals surface area (Å²) in [5.41, 5.74) is 9.39. The van der Waals surface area contributed by atoms with E-state index in [1.165, 1.54) is 23.9 Å². The van der Waals surface area contributed by atoms with Gasteiger partial charge in [-0.2, -0.15) is 9.97 Å². The largest absolute Gasteiger partial charge is 1.00 e. The van der Waals surface area contributed by atoms with E-state index in [2.05, 4.69) is 34.1 Å². The van der Waals surface area contributed by atoms with Gasteiger partial charge in [0.15, 0.2) is 23.6 Å². The number of aromatic nitrogens is 6. The predicted octanol–water partition coefficient (Wildman–Crippen LogP) is -16.7. The molecule has 290 valence electrons. The number of fused-ring (bicyclic) bond motifs is 1. The monoisotopic (exact) mass is 891 g/mol. The Morgan fingerprint density at radius 3 is 2.27 bits per heavy atom. The van der Waals surface area contributed by atoms with Crippen LogP contribution in [0.5, 0.6) is 0 Å². The maximum absolute atomic E-state index is 14.3. The van der Waals surface area contributed by atoms with E-state index in [-0.39, 0.29) is 161 Å². The number of aliphatic hydroxyl groups is 1. The molecule has 0 amide bonds. The van der Waals surface area contributed by atoms with E-state index < -0.39 is 97.4 Å². The van der Waals surface area contributed by atoms with Gasteiger partial charge in [-0.05, 0) is 12.5 Å². The van der Waals surface area contributed by atoms with Crippen LogP contribution in [-0.4, -0.2) is 98.2 Å². The third-order valence-electron chi connectivity index (χ3n) is 7.54. The van der Waals surface area contributed by atoms with Crippen molar-refractivity contribution in [1.29, 1.82) is 0 Å². The maximum atomic E-state index is 14.3. The number of anilines is 2. The number of nitrogens with two attached hydrogens (primary N) is 2. The third kappa shape index (κ3) is 14.8. The summed E-state index contributed by atoms with van der Waals surface area (Å²) >= 11 is 0. The summed E-state index contributed by atoms with van der Waals surface area (Å²) in [6.07, 6.45) is -7.45. The van der Waals surface area contributed by atoms with Crippen molar-refractivity contribution >= 4 is 46.3 Å². The Labute approximate surface area is 405 Å². The number of imidazole rings is 1. The number of aliphatic hydroxyl groups excluding tert-OH is 1. The molecule has 5 rings (SSSR count). The zero-order valence-corrected chi connectivity index (χ0v) is 41.4. The molecule has 0 aromatic carbocycles. The number of H-pyrrole nitrogens is 1. The minimum Gasteiger partial charge on any atom is -0.790 e. The van der Waals surface area contributed by atoms with Crippen molar-refractivity contribution in [2.45, 2.75) is 55.8 Å². The molecule has 0 radical (unpaired) electrons. The van der Waals surface area contributed by atoms with Gasteiger partial charge >= 0.3 is 132 Å². The van der Waals surface area contributed by atoms with E-state index in [0.29, 0.717) is 0 Å². The normalized spacial score (nSPS) is 24.7. The van der Waals surface area contributed by atoms with Gasteiger partial charge in [0, 0.05) is 26.3 Å². The molecule has 0 saturated carbocycles. The SMILES string of the molecule is CO[C@@H]1[C@H](O[P@](=O)(NCCCOP(=O)([O-])[O-])OC[C@@H]2C[C@@H](O)[C@H](n3ccc(N)nc3=O)O2)[C@@H](COP(=O)([O-])[O-])O[C@H]1n1cnc2c(=O)[nH]c(N)nc21.[Na+].[Na+].[Na+].[Na+]. The van der Waals surface area contributed by atoms with Crippen molar-refractivity contribution < 1.29 is 189 Å². The van der Waals surface area contributed by atoms with Gasteiger partial charge in [0.2, 0.25) is 5.95 Å². The summed E-state index contributed by atoms with van der Waals surface area (Å²) in [6.45, 7) is -2.57. The van der Waals surface area contributed by atoms with Gasteiger partial charge in [0.05, 0.1) is 47.9 Å². The van der Waals surface area contributed by atoms with Gasteiger partial charge in [0.25, 0.3) is 5.56 Å². The van der Waals surface area contributed by atoms with Crippen LogP contribution in [0.4, 0.5) is 11.8 Å². The summed E-state index contributed by atoms with van der Waals surface area (Å²) in [6, 6.07) is 1.30. The number of methoxy groups -OCH3 is 1.